The van der Waals surface area contributed by atoms with E-state index in [1.54, 1.807) is 0 Å². The van der Waals surface area contributed by atoms with E-state index in [0.29, 0.717) is 0 Å². The maximum atomic E-state index is 8.64. The molecule has 0 aliphatic heterocycles. The molecule has 0 rings (SSSR count). The lowest BCUT2D eigenvalue weighted by molar-refractivity contribution is 0.341. The Bertz CT molecular complexity index is 115. The van der Waals surface area contributed by atoms with E-state index in [2.05, 4.69) is 47.9 Å². The van der Waals surface area contributed by atoms with Crippen molar-refractivity contribution in [3.8, 4) is 0 Å². The maximum Gasteiger partial charge on any atom is 0.0731 e. The van der Waals surface area contributed by atoms with Crippen LogP contribution < -0.4 is 0 Å². The zero-order valence-corrected chi connectivity index (χ0v) is 9.27. The normalized spacial score (nSPS) is 14.1. The van der Waals surface area contributed by atoms with E-state index in [0.717, 1.165) is 3.58 Å². The minimum Gasteiger partial charge on any atom is -0.391 e. The van der Waals surface area contributed by atoms with Gasteiger partial charge in [-0.3, -0.25) is 0 Å². The van der Waals surface area contributed by atoms with Gasteiger partial charge in [0.15, 0.2) is 0 Å². The summed E-state index contributed by atoms with van der Waals surface area (Å²) in [6.07, 6.45) is 0. The summed E-state index contributed by atoms with van der Waals surface area (Å²) in [5.41, 5.74) is 2.20. The van der Waals surface area contributed by atoms with Crippen molar-refractivity contribution in [2.45, 2.75) is 19.6 Å². The smallest absolute Gasteiger partial charge is 0.0731 e. The van der Waals surface area contributed by atoms with E-state index in [-0.39, 0.29) is 6.61 Å². The van der Waals surface area contributed by atoms with Gasteiger partial charge in [-0.1, -0.05) is 25.3 Å². The fourth-order valence-corrected chi connectivity index (χ4v) is 4.35. The van der Waals surface area contributed by atoms with Crippen LogP contribution in [0.4, 0.5) is 0 Å². The largest absolute Gasteiger partial charge is 0.391 e. The molecule has 0 atom stereocenters. The standard InChI is InChI=1S/C6H13IOSi/c1-9(2,3)5-6(7)4-8/h5,8H,4H2,1-3H3/b6-5+. The predicted octanol–water partition coefficient (Wildman–Crippen LogP) is 2.18. The molecule has 0 aliphatic rings. The van der Waals surface area contributed by atoms with Crippen LogP contribution in [0.15, 0.2) is 9.28 Å². The van der Waals surface area contributed by atoms with Gasteiger partial charge in [0.2, 0.25) is 0 Å². The van der Waals surface area contributed by atoms with Gasteiger partial charge >= 0.3 is 0 Å². The highest BCUT2D eigenvalue weighted by atomic mass is 127. The summed E-state index contributed by atoms with van der Waals surface area (Å²) in [7, 11) is -1.07. The summed E-state index contributed by atoms with van der Waals surface area (Å²) in [5, 5.41) is 8.64. The fraction of sp³-hybridized carbons (Fsp3) is 0.667. The van der Waals surface area contributed by atoms with Crippen molar-refractivity contribution in [1.29, 1.82) is 0 Å². The zero-order valence-electron chi connectivity index (χ0n) is 6.11. The molecule has 0 aromatic heterocycles. The van der Waals surface area contributed by atoms with Crippen molar-refractivity contribution in [3.63, 3.8) is 0 Å². The summed E-state index contributed by atoms with van der Waals surface area (Å²) in [4.78, 5) is 0. The molecule has 0 spiro atoms. The summed E-state index contributed by atoms with van der Waals surface area (Å²) in [6.45, 7) is 6.95. The minimum absolute atomic E-state index is 0.199. The Morgan fingerprint density at radius 3 is 2.11 bits per heavy atom. The van der Waals surface area contributed by atoms with Gasteiger partial charge in [0.05, 0.1) is 14.7 Å². The molecule has 0 radical (unpaired) electrons. The first-order valence-corrected chi connectivity index (χ1v) is 7.59. The molecule has 0 amide bonds. The molecule has 0 fully saturated rings. The second-order valence-electron chi connectivity index (χ2n) is 3.12. The van der Waals surface area contributed by atoms with E-state index < -0.39 is 8.07 Å². The summed E-state index contributed by atoms with van der Waals surface area (Å²) in [6, 6.07) is 0. The Morgan fingerprint density at radius 2 is 2.00 bits per heavy atom. The van der Waals surface area contributed by atoms with Gasteiger partial charge in [0.1, 0.15) is 0 Å². The second-order valence-corrected chi connectivity index (χ2v) is 9.52. The third-order valence-electron chi connectivity index (χ3n) is 0.741. The third-order valence-corrected chi connectivity index (χ3v) is 3.20. The topological polar surface area (TPSA) is 20.2 Å². The SMILES string of the molecule is C[Si](C)(C)/C=C(/I)CO. The quantitative estimate of drug-likeness (QED) is 0.593. The van der Waals surface area contributed by atoms with Gasteiger partial charge in [-0.2, -0.15) is 0 Å². The van der Waals surface area contributed by atoms with Crippen molar-refractivity contribution in [2.75, 3.05) is 6.61 Å². The molecule has 0 bridgehead atoms. The number of hydrogen-bond acceptors (Lipinski definition) is 1. The number of aliphatic hydroxyl groups is 1. The molecule has 0 unspecified atom stereocenters. The monoisotopic (exact) mass is 256 g/mol. The third kappa shape index (κ3) is 6.53. The Balaban J connectivity index is 3.95. The van der Waals surface area contributed by atoms with Gasteiger partial charge in [-0.25, -0.2) is 0 Å². The molecule has 3 heteroatoms. The zero-order chi connectivity index (χ0) is 7.49. The van der Waals surface area contributed by atoms with Gasteiger partial charge in [0.25, 0.3) is 0 Å². The van der Waals surface area contributed by atoms with Crippen LogP contribution in [-0.2, 0) is 0 Å². The van der Waals surface area contributed by atoms with Crippen LogP contribution in [0.5, 0.6) is 0 Å². The highest BCUT2D eigenvalue weighted by molar-refractivity contribution is 14.1. The Kier molecular flexibility index (Phi) is 4.00. The first-order chi connectivity index (χ1) is 3.95. The van der Waals surface area contributed by atoms with Crippen molar-refractivity contribution >= 4 is 30.7 Å². The second kappa shape index (κ2) is 3.73. The molecule has 1 N–H and O–H groups in total. The molecule has 0 aromatic rings. The maximum absolute atomic E-state index is 8.64. The number of hydrogen-bond donors (Lipinski definition) is 1. The number of rotatable bonds is 2. The van der Waals surface area contributed by atoms with Crippen LogP contribution in [0.3, 0.4) is 0 Å². The molecule has 0 saturated heterocycles. The Morgan fingerprint density at radius 1 is 1.56 bits per heavy atom. The highest BCUT2D eigenvalue weighted by Crippen LogP contribution is 2.11. The molecule has 54 valence electrons. The van der Waals surface area contributed by atoms with Crippen molar-refractivity contribution in [2.24, 2.45) is 0 Å². The molecule has 0 heterocycles. The van der Waals surface area contributed by atoms with Crippen LogP contribution >= 0.6 is 22.6 Å². The fourth-order valence-electron chi connectivity index (χ4n) is 0.515. The first-order valence-electron chi connectivity index (χ1n) is 2.94. The molecule has 0 aliphatic carbocycles. The molecule has 1 nitrogen and oxygen atoms in total. The van der Waals surface area contributed by atoms with Crippen LogP contribution in [-0.4, -0.2) is 19.8 Å². The van der Waals surface area contributed by atoms with Crippen molar-refractivity contribution < 1.29 is 5.11 Å². The molecule has 0 saturated carbocycles. The average molecular weight is 256 g/mol. The molecular formula is C6H13IOSi. The van der Waals surface area contributed by atoms with Gasteiger partial charge < -0.3 is 5.11 Å². The minimum atomic E-state index is -1.07. The van der Waals surface area contributed by atoms with E-state index >= 15 is 0 Å². The number of aliphatic hydroxyl groups excluding tert-OH is 1. The lowest BCUT2D eigenvalue weighted by atomic mass is 10.7. The van der Waals surface area contributed by atoms with E-state index in [1.807, 2.05) is 0 Å². The summed E-state index contributed by atoms with van der Waals surface area (Å²) < 4.78 is 1.08. The lowest BCUT2D eigenvalue weighted by Gasteiger charge is -2.09. The van der Waals surface area contributed by atoms with Crippen LogP contribution in [0.25, 0.3) is 0 Å². The van der Waals surface area contributed by atoms with Gasteiger partial charge in [-0.15, -0.1) is 0 Å². The summed E-state index contributed by atoms with van der Waals surface area (Å²) in [5.74, 6) is 0. The molecule has 9 heavy (non-hydrogen) atoms. The van der Waals surface area contributed by atoms with Crippen LogP contribution in [0.1, 0.15) is 0 Å². The highest BCUT2D eigenvalue weighted by Gasteiger charge is 2.08. The van der Waals surface area contributed by atoms with Gasteiger partial charge in [0, 0.05) is 3.58 Å². The summed E-state index contributed by atoms with van der Waals surface area (Å²) >= 11 is 2.18. The first kappa shape index (κ1) is 9.65. The van der Waals surface area contributed by atoms with Gasteiger partial charge in [-0.05, 0) is 22.6 Å². The van der Waals surface area contributed by atoms with Crippen molar-refractivity contribution in [3.05, 3.63) is 9.28 Å². The lowest BCUT2D eigenvalue weighted by Crippen LogP contribution is -2.16. The molecule has 0 aromatic carbocycles. The Hall–Kier alpha value is 0.647. The predicted molar refractivity (Wildman–Crippen MR) is 52.5 cm³/mol. The average Bonchev–Trinajstić information content (AvgIpc) is 1.62. The van der Waals surface area contributed by atoms with E-state index in [9.17, 15) is 0 Å². The van der Waals surface area contributed by atoms with Crippen LogP contribution in [0, 0.1) is 0 Å². The molecular weight excluding hydrogens is 243 g/mol. The van der Waals surface area contributed by atoms with E-state index in [4.69, 9.17) is 5.11 Å². The van der Waals surface area contributed by atoms with Crippen LogP contribution in [0.2, 0.25) is 19.6 Å². The van der Waals surface area contributed by atoms with Crippen molar-refractivity contribution in [1.82, 2.24) is 0 Å². The Labute approximate surface area is 71.3 Å². The van der Waals surface area contributed by atoms with E-state index in [1.165, 1.54) is 0 Å². The number of halogens is 1.